The average molecular weight is 207 g/mol. The molecule has 0 aromatic heterocycles. The maximum Gasteiger partial charge on any atom is 0.159 e. The molecule has 3 unspecified atom stereocenters. The molecule has 0 radical (unpaired) electrons. The van der Waals surface area contributed by atoms with Crippen molar-refractivity contribution in [1.82, 2.24) is 5.48 Å². The molecular weight excluding hydrogens is 190 g/mol. The second-order valence-corrected chi connectivity index (χ2v) is 6.50. The summed E-state index contributed by atoms with van der Waals surface area (Å²) in [6.45, 7) is 7.01. The van der Waals surface area contributed by atoms with Gasteiger partial charge in [0.2, 0.25) is 0 Å². The zero-order valence-electron chi connectivity index (χ0n) is 8.44. The summed E-state index contributed by atoms with van der Waals surface area (Å²) in [5.74, 6) is 0. The monoisotopic (exact) mass is 207 g/mol. The van der Waals surface area contributed by atoms with Crippen molar-refractivity contribution in [3.63, 3.8) is 0 Å². The minimum atomic E-state index is -3.06. The molecule has 0 amide bonds. The molecule has 5 heteroatoms. The third-order valence-electron chi connectivity index (χ3n) is 2.43. The second kappa shape index (κ2) is 3.55. The highest BCUT2D eigenvalue weighted by molar-refractivity contribution is 7.92. The molecule has 1 fully saturated rings. The zero-order valence-corrected chi connectivity index (χ0v) is 9.26. The van der Waals surface area contributed by atoms with Crippen LogP contribution in [-0.2, 0) is 14.7 Å². The highest BCUT2D eigenvalue weighted by atomic mass is 32.2. The summed E-state index contributed by atoms with van der Waals surface area (Å²) in [6.07, 6.45) is -0.262. The van der Waals surface area contributed by atoms with Crippen molar-refractivity contribution in [2.24, 2.45) is 0 Å². The molecule has 1 saturated heterocycles. The van der Waals surface area contributed by atoms with E-state index in [1.807, 2.05) is 6.92 Å². The number of hydrogen-bond acceptors (Lipinski definition) is 4. The van der Waals surface area contributed by atoms with E-state index in [-0.39, 0.29) is 17.4 Å². The van der Waals surface area contributed by atoms with Crippen LogP contribution >= 0.6 is 0 Å². The molecule has 0 spiro atoms. The molecule has 0 bridgehead atoms. The molecule has 0 saturated carbocycles. The van der Waals surface area contributed by atoms with Crippen LogP contribution in [0.3, 0.4) is 0 Å². The van der Waals surface area contributed by atoms with E-state index in [1.165, 1.54) is 0 Å². The van der Waals surface area contributed by atoms with Gasteiger partial charge in [-0.1, -0.05) is 0 Å². The summed E-state index contributed by atoms with van der Waals surface area (Å²) >= 11 is 0. The van der Waals surface area contributed by atoms with Crippen LogP contribution in [-0.4, -0.2) is 31.1 Å². The minimum absolute atomic E-state index is 0.123. The smallest absolute Gasteiger partial charge is 0.159 e. The molecule has 4 nitrogen and oxygen atoms in total. The average Bonchev–Trinajstić information content (AvgIpc) is 2.30. The molecule has 3 atom stereocenters. The van der Waals surface area contributed by atoms with Gasteiger partial charge < -0.3 is 0 Å². The topological polar surface area (TPSA) is 55.4 Å². The SMILES string of the molecule is CC1NOC(C)C1S(=O)(=O)C(C)C. The zero-order chi connectivity index (χ0) is 10.2. The van der Waals surface area contributed by atoms with Crippen molar-refractivity contribution in [2.75, 3.05) is 0 Å². The Kier molecular flexibility index (Phi) is 2.99. The molecule has 0 aliphatic carbocycles. The van der Waals surface area contributed by atoms with E-state index in [2.05, 4.69) is 5.48 Å². The summed E-state index contributed by atoms with van der Waals surface area (Å²) in [5.41, 5.74) is 2.70. The second-order valence-electron chi connectivity index (χ2n) is 3.83. The van der Waals surface area contributed by atoms with Crippen molar-refractivity contribution in [3.05, 3.63) is 0 Å². The maximum absolute atomic E-state index is 11.8. The van der Waals surface area contributed by atoms with Crippen molar-refractivity contribution in [3.8, 4) is 0 Å². The Morgan fingerprint density at radius 2 is 1.85 bits per heavy atom. The van der Waals surface area contributed by atoms with Gasteiger partial charge in [0.1, 0.15) is 5.25 Å². The number of rotatable bonds is 2. The number of sulfone groups is 1. The molecular formula is C8H17NO3S. The number of nitrogens with one attached hydrogen (secondary N) is 1. The Labute approximate surface area is 79.5 Å². The Morgan fingerprint density at radius 1 is 1.31 bits per heavy atom. The van der Waals surface area contributed by atoms with Gasteiger partial charge >= 0.3 is 0 Å². The van der Waals surface area contributed by atoms with Crippen LogP contribution in [0.15, 0.2) is 0 Å². The lowest BCUT2D eigenvalue weighted by Gasteiger charge is -2.19. The number of hydrogen-bond donors (Lipinski definition) is 1. The van der Waals surface area contributed by atoms with Gasteiger partial charge in [-0.25, -0.2) is 8.42 Å². The van der Waals surface area contributed by atoms with Gasteiger partial charge in [-0.15, -0.1) is 0 Å². The molecule has 0 aromatic rings. The molecule has 78 valence electrons. The van der Waals surface area contributed by atoms with Crippen LogP contribution < -0.4 is 5.48 Å². The van der Waals surface area contributed by atoms with Crippen molar-refractivity contribution < 1.29 is 13.3 Å². The predicted octanol–water partition coefficient (Wildman–Crippen LogP) is 0.490. The Morgan fingerprint density at radius 3 is 2.15 bits per heavy atom. The third-order valence-corrected chi connectivity index (χ3v) is 5.30. The molecule has 1 rings (SSSR count). The lowest BCUT2D eigenvalue weighted by atomic mass is 10.2. The molecule has 1 aliphatic rings. The van der Waals surface area contributed by atoms with Crippen molar-refractivity contribution in [2.45, 2.75) is 50.3 Å². The Hall–Kier alpha value is -0.130. The lowest BCUT2D eigenvalue weighted by molar-refractivity contribution is 0.0384. The van der Waals surface area contributed by atoms with Crippen LogP contribution in [0.5, 0.6) is 0 Å². The molecule has 13 heavy (non-hydrogen) atoms. The Bertz CT molecular complexity index is 263. The summed E-state index contributed by atoms with van der Waals surface area (Å²) < 4.78 is 23.7. The first kappa shape index (κ1) is 10.9. The molecule has 1 heterocycles. The van der Waals surface area contributed by atoms with Crippen LogP contribution in [0.25, 0.3) is 0 Å². The van der Waals surface area contributed by atoms with Gasteiger partial charge in [0.05, 0.1) is 11.4 Å². The quantitative estimate of drug-likeness (QED) is 0.716. The fourth-order valence-corrected chi connectivity index (χ4v) is 3.46. The lowest BCUT2D eigenvalue weighted by Crippen LogP contribution is -2.40. The number of hydroxylamine groups is 1. The first-order valence-corrected chi connectivity index (χ1v) is 6.12. The standard InChI is InChI=1S/C8H17NO3S/c1-5(2)13(10,11)8-6(3)9-12-7(8)4/h5-9H,1-4H3. The molecule has 0 aromatic carbocycles. The first-order chi connectivity index (χ1) is 5.87. The van der Waals surface area contributed by atoms with E-state index >= 15 is 0 Å². The van der Waals surface area contributed by atoms with Gasteiger partial charge in [0.15, 0.2) is 9.84 Å². The van der Waals surface area contributed by atoms with Crippen molar-refractivity contribution >= 4 is 9.84 Å². The summed E-state index contributed by atoms with van der Waals surface area (Å²) in [5, 5.41) is -0.765. The van der Waals surface area contributed by atoms with Gasteiger partial charge in [-0.2, -0.15) is 5.48 Å². The van der Waals surface area contributed by atoms with Crippen LogP contribution in [0, 0.1) is 0 Å². The normalized spacial score (nSPS) is 35.6. The van der Waals surface area contributed by atoms with Gasteiger partial charge in [0.25, 0.3) is 0 Å². The van der Waals surface area contributed by atoms with E-state index in [1.54, 1.807) is 20.8 Å². The van der Waals surface area contributed by atoms with Crippen LogP contribution in [0.1, 0.15) is 27.7 Å². The van der Waals surface area contributed by atoms with Crippen LogP contribution in [0.2, 0.25) is 0 Å². The highest BCUT2D eigenvalue weighted by Crippen LogP contribution is 2.22. The maximum atomic E-state index is 11.8. The molecule has 1 aliphatic heterocycles. The van der Waals surface area contributed by atoms with Gasteiger partial charge in [-0.05, 0) is 27.7 Å². The summed E-state index contributed by atoms with van der Waals surface area (Å²) in [6, 6.07) is -0.123. The van der Waals surface area contributed by atoms with E-state index in [9.17, 15) is 8.42 Å². The summed E-state index contributed by atoms with van der Waals surface area (Å²) in [4.78, 5) is 5.09. The third kappa shape index (κ3) is 1.87. The minimum Gasteiger partial charge on any atom is -0.297 e. The van der Waals surface area contributed by atoms with E-state index < -0.39 is 15.1 Å². The van der Waals surface area contributed by atoms with E-state index in [0.29, 0.717) is 0 Å². The van der Waals surface area contributed by atoms with Crippen LogP contribution in [0.4, 0.5) is 0 Å². The Balaban J connectivity index is 2.93. The van der Waals surface area contributed by atoms with Gasteiger partial charge in [-0.3, -0.25) is 4.84 Å². The predicted molar refractivity (Wildman–Crippen MR) is 51.0 cm³/mol. The fourth-order valence-electron chi connectivity index (χ4n) is 1.62. The largest absolute Gasteiger partial charge is 0.297 e. The molecule has 1 N–H and O–H groups in total. The fraction of sp³-hybridized carbons (Fsp3) is 1.00. The van der Waals surface area contributed by atoms with Gasteiger partial charge in [0, 0.05) is 6.04 Å². The van der Waals surface area contributed by atoms with E-state index in [4.69, 9.17) is 4.84 Å². The van der Waals surface area contributed by atoms with E-state index in [0.717, 1.165) is 0 Å². The van der Waals surface area contributed by atoms with Crippen molar-refractivity contribution in [1.29, 1.82) is 0 Å². The highest BCUT2D eigenvalue weighted by Gasteiger charge is 2.42. The summed E-state index contributed by atoms with van der Waals surface area (Å²) in [7, 11) is -3.06. The first-order valence-electron chi connectivity index (χ1n) is 4.51.